The average Bonchev–Trinajstić information content (AvgIpc) is 3.26. The summed E-state index contributed by atoms with van der Waals surface area (Å²) in [5.74, 6) is 0.124. The number of thiophene rings is 1. The SMILES string of the molecule is O=C1CCCN1C[C@H](O)CNC(=O)C1(c2cccs2)CCCCC1. The molecule has 1 aromatic rings. The second-order valence-corrected chi connectivity index (χ2v) is 7.87. The van der Waals surface area contributed by atoms with E-state index in [0.29, 0.717) is 19.5 Å². The molecule has 0 bridgehead atoms. The maximum Gasteiger partial charge on any atom is 0.231 e. The zero-order valence-corrected chi connectivity index (χ0v) is 14.8. The molecule has 2 N–H and O–H groups in total. The monoisotopic (exact) mass is 350 g/mol. The standard InChI is InChI=1S/C18H26N2O3S/c21-14(13-20-10-4-7-16(20)22)12-19-17(23)18(8-2-1-3-9-18)15-6-5-11-24-15/h5-6,11,14,21H,1-4,7-10,12-13H2,(H,19,23)/t14-/m1/s1. The van der Waals surface area contributed by atoms with Crippen LogP contribution in [-0.4, -0.2) is 47.6 Å². The number of amides is 2. The molecule has 2 fully saturated rings. The highest BCUT2D eigenvalue weighted by molar-refractivity contribution is 7.10. The lowest BCUT2D eigenvalue weighted by atomic mass is 9.72. The predicted molar refractivity (Wildman–Crippen MR) is 93.9 cm³/mol. The molecule has 24 heavy (non-hydrogen) atoms. The van der Waals surface area contributed by atoms with Gasteiger partial charge in [0.1, 0.15) is 0 Å². The molecule has 6 heteroatoms. The van der Waals surface area contributed by atoms with Crippen molar-refractivity contribution in [1.29, 1.82) is 0 Å². The Morgan fingerprint density at radius 1 is 1.33 bits per heavy atom. The van der Waals surface area contributed by atoms with Crippen LogP contribution in [0.1, 0.15) is 49.8 Å². The Morgan fingerprint density at radius 3 is 2.75 bits per heavy atom. The highest BCUT2D eigenvalue weighted by Gasteiger charge is 2.42. The van der Waals surface area contributed by atoms with E-state index in [-0.39, 0.29) is 18.4 Å². The van der Waals surface area contributed by atoms with Crippen molar-refractivity contribution in [2.24, 2.45) is 0 Å². The zero-order chi connectivity index (χ0) is 17.0. The predicted octanol–water partition coefficient (Wildman–Crippen LogP) is 2.05. The maximum absolute atomic E-state index is 12.9. The first-order valence-electron chi connectivity index (χ1n) is 8.90. The molecule has 1 aliphatic heterocycles. The number of hydrogen-bond acceptors (Lipinski definition) is 4. The zero-order valence-electron chi connectivity index (χ0n) is 14.0. The molecule has 0 radical (unpaired) electrons. The largest absolute Gasteiger partial charge is 0.389 e. The highest BCUT2D eigenvalue weighted by Crippen LogP contribution is 2.41. The lowest BCUT2D eigenvalue weighted by Crippen LogP contribution is -2.49. The summed E-state index contributed by atoms with van der Waals surface area (Å²) in [4.78, 5) is 27.4. The fourth-order valence-corrected chi connectivity index (χ4v) is 4.87. The summed E-state index contributed by atoms with van der Waals surface area (Å²) in [5, 5.41) is 15.2. The van der Waals surface area contributed by atoms with Gasteiger partial charge >= 0.3 is 0 Å². The third-order valence-corrected chi connectivity index (χ3v) is 6.31. The van der Waals surface area contributed by atoms with Crippen LogP contribution in [0.3, 0.4) is 0 Å². The molecule has 1 atom stereocenters. The number of aliphatic hydroxyl groups excluding tert-OH is 1. The van der Waals surface area contributed by atoms with E-state index in [4.69, 9.17) is 0 Å². The van der Waals surface area contributed by atoms with Gasteiger partial charge in [0, 0.05) is 30.9 Å². The molecular formula is C18H26N2O3S. The van der Waals surface area contributed by atoms with Gasteiger partial charge in [-0.25, -0.2) is 0 Å². The number of hydrogen-bond donors (Lipinski definition) is 2. The molecule has 0 unspecified atom stereocenters. The molecule has 1 saturated carbocycles. The lowest BCUT2D eigenvalue weighted by Gasteiger charge is -2.35. The van der Waals surface area contributed by atoms with Gasteiger partial charge in [0.15, 0.2) is 0 Å². The van der Waals surface area contributed by atoms with Crippen LogP contribution >= 0.6 is 11.3 Å². The Morgan fingerprint density at radius 2 is 2.12 bits per heavy atom. The van der Waals surface area contributed by atoms with Crippen LogP contribution in [0.15, 0.2) is 17.5 Å². The Kier molecular flexibility index (Phi) is 5.56. The third kappa shape index (κ3) is 3.64. The van der Waals surface area contributed by atoms with Crippen molar-refractivity contribution in [1.82, 2.24) is 10.2 Å². The maximum atomic E-state index is 12.9. The second-order valence-electron chi connectivity index (χ2n) is 6.93. The van der Waals surface area contributed by atoms with Crippen molar-refractivity contribution in [2.45, 2.75) is 56.5 Å². The van der Waals surface area contributed by atoms with Crippen LogP contribution < -0.4 is 5.32 Å². The van der Waals surface area contributed by atoms with Gasteiger partial charge in [-0.3, -0.25) is 9.59 Å². The number of nitrogens with one attached hydrogen (secondary N) is 1. The average molecular weight is 350 g/mol. The molecular weight excluding hydrogens is 324 g/mol. The smallest absolute Gasteiger partial charge is 0.231 e. The highest BCUT2D eigenvalue weighted by atomic mass is 32.1. The molecule has 2 amide bonds. The molecule has 1 saturated heterocycles. The number of rotatable bonds is 6. The first-order chi connectivity index (χ1) is 11.6. The third-order valence-electron chi connectivity index (χ3n) is 5.24. The van der Waals surface area contributed by atoms with Crippen LogP contribution in [0, 0.1) is 0 Å². The topological polar surface area (TPSA) is 69.6 Å². The minimum Gasteiger partial charge on any atom is -0.389 e. The number of carbonyl (C=O) groups is 2. The van der Waals surface area contributed by atoms with E-state index in [2.05, 4.69) is 11.4 Å². The minimum atomic E-state index is -0.708. The number of likely N-dealkylation sites (tertiary alicyclic amines) is 1. The Labute approximate surface area is 147 Å². The molecule has 132 valence electrons. The van der Waals surface area contributed by atoms with Gasteiger partial charge in [-0.2, -0.15) is 0 Å². The number of β-amino-alcohol motifs (C(OH)–C–C–N with tert-alkyl or cyclic N) is 1. The summed E-state index contributed by atoms with van der Waals surface area (Å²) >= 11 is 1.64. The van der Waals surface area contributed by atoms with Crippen LogP contribution in [0.5, 0.6) is 0 Å². The molecule has 5 nitrogen and oxygen atoms in total. The fourth-order valence-electron chi connectivity index (χ4n) is 3.89. The molecule has 0 aromatic carbocycles. The summed E-state index contributed by atoms with van der Waals surface area (Å²) in [6.07, 6.45) is 5.78. The summed E-state index contributed by atoms with van der Waals surface area (Å²) in [5.41, 5.74) is -0.435. The van der Waals surface area contributed by atoms with Crippen molar-refractivity contribution >= 4 is 23.2 Å². The quantitative estimate of drug-likeness (QED) is 0.825. The van der Waals surface area contributed by atoms with Gasteiger partial charge in [-0.15, -0.1) is 11.3 Å². The van der Waals surface area contributed by atoms with E-state index in [1.54, 1.807) is 16.2 Å². The van der Waals surface area contributed by atoms with Crippen molar-refractivity contribution in [3.05, 3.63) is 22.4 Å². The van der Waals surface area contributed by atoms with Gasteiger partial charge in [0.25, 0.3) is 0 Å². The summed E-state index contributed by atoms with van der Waals surface area (Å²) in [6.45, 7) is 1.23. The van der Waals surface area contributed by atoms with Crippen LogP contribution in [-0.2, 0) is 15.0 Å². The molecule has 1 aromatic heterocycles. The van der Waals surface area contributed by atoms with Gasteiger partial charge in [-0.05, 0) is 30.7 Å². The van der Waals surface area contributed by atoms with E-state index in [9.17, 15) is 14.7 Å². The van der Waals surface area contributed by atoms with Crippen molar-refractivity contribution in [3.63, 3.8) is 0 Å². The van der Waals surface area contributed by atoms with Crippen molar-refractivity contribution in [3.8, 4) is 0 Å². The van der Waals surface area contributed by atoms with Crippen LogP contribution in [0.4, 0.5) is 0 Å². The summed E-state index contributed by atoms with van der Waals surface area (Å²) in [7, 11) is 0. The molecule has 1 aliphatic carbocycles. The summed E-state index contributed by atoms with van der Waals surface area (Å²) in [6, 6.07) is 4.05. The minimum absolute atomic E-state index is 0.0245. The van der Waals surface area contributed by atoms with Gasteiger partial charge < -0.3 is 15.3 Å². The summed E-state index contributed by atoms with van der Waals surface area (Å²) < 4.78 is 0. The Bertz CT molecular complexity index is 567. The first-order valence-corrected chi connectivity index (χ1v) is 9.78. The van der Waals surface area contributed by atoms with E-state index < -0.39 is 11.5 Å². The molecule has 2 heterocycles. The van der Waals surface area contributed by atoms with Crippen LogP contribution in [0.2, 0.25) is 0 Å². The van der Waals surface area contributed by atoms with Gasteiger partial charge in [-0.1, -0.05) is 25.3 Å². The molecule has 3 rings (SSSR count). The van der Waals surface area contributed by atoms with E-state index in [0.717, 1.165) is 37.0 Å². The second kappa shape index (κ2) is 7.66. The van der Waals surface area contributed by atoms with Crippen LogP contribution in [0.25, 0.3) is 0 Å². The van der Waals surface area contributed by atoms with E-state index >= 15 is 0 Å². The molecule has 0 spiro atoms. The van der Waals surface area contributed by atoms with E-state index in [1.165, 1.54) is 6.42 Å². The fraction of sp³-hybridized carbons (Fsp3) is 0.667. The Balaban J connectivity index is 1.58. The Hall–Kier alpha value is -1.40. The van der Waals surface area contributed by atoms with Crippen molar-refractivity contribution in [2.75, 3.05) is 19.6 Å². The normalized spacial score (nSPS) is 21.7. The number of aliphatic hydroxyl groups is 1. The van der Waals surface area contributed by atoms with Gasteiger partial charge in [0.2, 0.25) is 11.8 Å². The van der Waals surface area contributed by atoms with E-state index in [1.807, 2.05) is 11.4 Å². The first kappa shape index (κ1) is 17.4. The molecule has 2 aliphatic rings. The number of nitrogens with zero attached hydrogens (tertiary/aromatic N) is 1. The van der Waals surface area contributed by atoms with Crippen molar-refractivity contribution < 1.29 is 14.7 Å². The lowest BCUT2D eigenvalue weighted by molar-refractivity contribution is -0.129. The van der Waals surface area contributed by atoms with Gasteiger partial charge in [0.05, 0.1) is 11.5 Å². The number of carbonyl (C=O) groups excluding carboxylic acids is 2.